The van der Waals surface area contributed by atoms with E-state index in [0.29, 0.717) is 12.1 Å². The summed E-state index contributed by atoms with van der Waals surface area (Å²) in [5.41, 5.74) is 2.15. The van der Waals surface area contributed by atoms with Crippen LogP contribution >= 0.6 is 0 Å². The molecule has 0 spiro atoms. The minimum atomic E-state index is -0.905. The minimum Gasteiger partial charge on any atom is -0.496 e. The van der Waals surface area contributed by atoms with E-state index in [-0.39, 0.29) is 6.04 Å². The number of methoxy groups -OCH3 is 1. The highest BCUT2D eigenvalue weighted by atomic mass is 16.5. The molecule has 0 aliphatic heterocycles. The largest absolute Gasteiger partial charge is 0.496 e. The standard InChI is InChI=1S/C17H19NO3/c1-12(14-8-5-6-10-16(14)21-2)18-11-13-7-3-4-9-15(13)17(19)20/h3-10,12,18H,11H2,1-2H3,(H,19,20)/t12-/m1/s1. The zero-order valence-electron chi connectivity index (χ0n) is 12.2. The number of hydrogen-bond donors (Lipinski definition) is 2. The first-order valence-electron chi connectivity index (χ1n) is 6.81. The van der Waals surface area contributed by atoms with Crippen LogP contribution in [-0.2, 0) is 6.54 Å². The molecule has 2 aromatic carbocycles. The Hall–Kier alpha value is -2.33. The van der Waals surface area contributed by atoms with Crippen molar-refractivity contribution in [2.24, 2.45) is 0 Å². The summed E-state index contributed by atoms with van der Waals surface area (Å²) in [6.07, 6.45) is 0. The maximum atomic E-state index is 11.2. The first-order valence-corrected chi connectivity index (χ1v) is 6.81. The maximum absolute atomic E-state index is 11.2. The van der Waals surface area contributed by atoms with Crippen LogP contribution < -0.4 is 10.1 Å². The van der Waals surface area contributed by atoms with Crippen molar-refractivity contribution in [2.45, 2.75) is 19.5 Å². The molecule has 0 saturated heterocycles. The Morgan fingerprint density at radius 2 is 1.86 bits per heavy atom. The lowest BCUT2D eigenvalue weighted by molar-refractivity contribution is 0.0695. The van der Waals surface area contributed by atoms with Crippen molar-refractivity contribution in [1.82, 2.24) is 5.32 Å². The molecule has 0 fully saturated rings. The van der Waals surface area contributed by atoms with Crippen LogP contribution in [0.1, 0.15) is 34.5 Å². The number of nitrogens with one attached hydrogen (secondary N) is 1. The molecule has 110 valence electrons. The van der Waals surface area contributed by atoms with Crippen LogP contribution in [0, 0.1) is 0 Å². The summed E-state index contributed by atoms with van der Waals surface area (Å²) in [6, 6.07) is 14.9. The first kappa shape index (κ1) is 15.1. The van der Waals surface area contributed by atoms with E-state index in [9.17, 15) is 9.90 Å². The summed E-state index contributed by atoms with van der Waals surface area (Å²) in [4.78, 5) is 11.2. The van der Waals surface area contributed by atoms with E-state index < -0.39 is 5.97 Å². The summed E-state index contributed by atoms with van der Waals surface area (Å²) in [5, 5.41) is 12.5. The van der Waals surface area contributed by atoms with Gasteiger partial charge in [0.25, 0.3) is 0 Å². The molecular formula is C17H19NO3. The van der Waals surface area contributed by atoms with Crippen LogP contribution in [0.25, 0.3) is 0 Å². The predicted octanol–water partition coefficient (Wildman–Crippen LogP) is 3.24. The van der Waals surface area contributed by atoms with Gasteiger partial charge in [-0.25, -0.2) is 4.79 Å². The third-order valence-corrected chi connectivity index (χ3v) is 3.45. The molecule has 0 aliphatic carbocycles. The lowest BCUT2D eigenvalue weighted by Gasteiger charge is -2.18. The molecular weight excluding hydrogens is 266 g/mol. The summed E-state index contributed by atoms with van der Waals surface area (Å²) >= 11 is 0. The van der Waals surface area contributed by atoms with Crippen LogP contribution in [-0.4, -0.2) is 18.2 Å². The third kappa shape index (κ3) is 3.61. The van der Waals surface area contributed by atoms with Crippen molar-refractivity contribution in [3.05, 3.63) is 65.2 Å². The first-order chi connectivity index (χ1) is 10.1. The number of benzene rings is 2. The van der Waals surface area contributed by atoms with Gasteiger partial charge < -0.3 is 15.2 Å². The van der Waals surface area contributed by atoms with Crippen LogP contribution in [0.3, 0.4) is 0 Å². The summed E-state index contributed by atoms with van der Waals surface area (Å²) in [7, 11) is 1.64. The van der Waals surface area contributed by atoms with E-state index in [1.54, 1.807) is 19.2 Å². The molecule has 4 nitrogen and oxygen atoms in total. The number of aromatic carboxylic acids is 1. The SMILES string of the molecule is COc1ccccc1[C@@H](C)NCc1ccccc1C(=O)O. The van der Waals surface area contributed by atoms with E-state index in [2.05, 4.69) is 5.32 Å². The second kappa shape index (κ2) is 6.90. The molecule has 1 atom stereocenters. The van der Waals surface area contributed by atoms with Crippen LogP contribution in [0.4, 0.5) is 0 Å². The second-order valence-electron chi connectivity index (χ2n) is 4.81. The number of carbonyl (C=O) groups is 1. The number of rotatable bonds is 6. The second-order valence-corrected chi connectivity index (χ2v) is 4.81. The maximum Gasteiger partial charge on any atom is 0.336 e. The molecule has 0 heterocycles. The molecule has 0 radical (unpaired) electrons. The van der Waals surface area contributed by atoms with Crippen molar-refractivity contribution >= 4 is 5.97 Å². The number of carboxylic acid groups (broad SMARTS) is 1. The molecule has 0 unspecified atom stereocenters. The smallest absolute Gasteiger partial charge is 0.336 e. The normalized spacial score (nSPS) is 11.9. The molecule has 2 N–H and O–H groups in total. The van der Waals surface area contributed by atoms with Crippen molar-refractivity contribution in [3.8, 4) is 5.75 Å². The van der Waals surface area contributed by atoms with Crippen LogP contribution in [0.15, 0.2) is 48.5 Å². The predicted molar refractivity (Wildman–Crippen MR) is 81.7 cm³/mol. The zero-order valence-corrected chi connectivity index (χ0v) is 12.2. The highest BCUT2D eigenvalue weighted by Gasteiger charge is 2.13. The van der Waals surface area contributed by atoms with Crippen molar-refractivity contribution in [1.29, 1.82) is 0 Å². The zero-order chi connectivity index (χ0) is 15.2. The van der Waals surface area contributed by atoms with Gasteiger partial charge in [-0.05, 0) is 24.6 Å². The van der Waals surface area contributed by atoms with Gasteiger partial charge in [-0.3, -0.25) is 0 Å². The van der Waals surface area contributed by atoms with Gasteiger partial charge in [0.05, 0.1) is 12.7 Å². The topological polar surface area (TPSA) is 58.6 Å². The summed E-state index contributed by atoms with van der Waals surface area (Å²) in [5.74, 6) is -0.0821. The Labute approximate surface area is 124 Å². The van der Waals surface area contributed by atoms with Crippen molar-refractivity contribution in [3.63, 3.8) is 0 Å². The van der Waals surface area contributed by atoms with E-state index in [4.69, 9.17) is 4.74 Å². The van der Waals surface area contributed by atoms with Crippen molar-refractivity contribution in [2.75, 3.05) is 7.11 Å². The molecule has 4 heteroatoms. The fourth-order valence-electron chi connectivity index (χ4n) is 2.28. The van der Waals surface area contributed by atoms with Gasteiger partial charge in [0.1, 0.15) is 5.75 Å². The Morgan fingerprint density at radius 1 is 1.19 bits per heavy atom. The third-order valence-electron chi connectivity index (χ3n) is 3.45. The van der Waals surface area contributed by atoms with Gasteiger partial charge in [-0.15, -0.1) is 0 Å². The fraction of sp³-hybridized carbons (Fsp3) is 0.235. The number of hydrogen-bond acceptors (Lipinski definition) is 3. The number of para-hydroxylation sites is 1. The summed E-state index contributed by atoms with van der Waals surface area (Å²) < 4.78 is 5.35. The van der Waals surface area contributed by atoms with Crippen LogP contribution in [0.2, 0.25) is 0 Å². The van der Waals surface area contributed by atoms with Gasteiger partial charge in [-0.1, -0.05) is 36.4 Å². The number of carboxylic acids is 1. The average Bonchev–Trinajstić information content (AvgIpc) is 2.52. The Bertz CT molecular complexity index is 625. The lowest BCUT2D eigenvalue weighted by atomic mass is 10.0. The van der Waals surface area contributed by atoms with Gasteiger partial charge >= 0.3 is 5.97 Å². The molecule has 0 aliphatic rings. The molecule has 0 amide bonds. The molecule has 2 rings (SSSR count). The van der Waals surface area contributed by atoms with Crippen molar-refractivity contribution < 1.29 is 14.6 Å². The molecule has 0 bridgehead atoms. The Kier molecular flexibility index (Phi) is 4.95. The van der Waals surface area contributed by atoms with E-state index in [1.807, 2.05) is 43.3 Å². The molecule has 21 heavy (non-hydrogen) atoms. The van der Waals surface area contributed by atoms with E-state index in [0.717, 1.165) is 16.9 Å². The van der Waals surface area contributed by atoms with E-state index >= 15 is 0 Å². The average molecular weight is 285 g/mol. The molecule has 2 aromatic rings. The van der Waals surface area contributed by atoms with Gasteiger partial charge in [0.15, 0.2) is 0 Å². The highest BCUT2D eigenvalue weighted by molar-refractivity contribution is 5.89. The number of ether oxygens (including phenoxy) is 1. The van der Waals surface area contributed by atoms with Gasteiger partial charge in [-0.2, -0.15) is 0 Å². The van der Waals surface area contributed by atoms with Gasteiger partial charge in [0, 0.05) is 18.2 Å². The lowest BCUT2D eigenvalue weighted by Crippen LogP contribution is -2.20. The summed E-state index contributed by atoms with van der Waals surface area (Å²) in [6.45, 7) is 2.52. The Morgan fingerprint density at radius 3 is 2.57 bits per heavy atom. The van der Waals surface area contributed by atoms with Crippen LogP contribution in [0.5, 0.6) is 5.75 Å². The van der Waals surface area contributed by atoms with Gasteiger partial charge in [0.2, 0.25) is 0 Å². The quantitative estimate of drug-likeness (QED) is 0.855. The monoisotopic (exact) mass is 285 g/mol. The van der Waals surface area contributed by atoms with E-state index in [1.165, 1.54) is 0 Å². The Balaban J connectivity index is 2.11. The highest BCUT2D eigenvalue weighted by Crippen LogP contribution is 2.24. The molecule has 0 saturated carbocycles. The molecule has 0 aromatic heterocycles. The fourth-order valence-corrected chi connectivity index (χ4v) is 2.28. The minimum absolute atomic E-state index is 0.0583.